The Morgan fingerprint density at radius 3 is 2.65 bits per heavy atom. The van der Waals surface area contributed by atoms with Crippen LogP contribution in [0.2, 0.25) is 0 Å². The molecule has 2 nitrogen and oxygen atoms in total. The van der Waals surface area contributed by atoms with Gasteiger partial charge in [-0.05, 0) is 32.4 Å². The third-order valence-electron chi connectivity index (χ3n) is 3.55. The maximum Gasteiger partial charge on any atom is 0.0805 e. The fourth-order valence-corrected chi connectivity index (χ4v) is 2.28. The molecular weight excluding hydrogens is 210 g/mol. The summed E-state index contributed by atoms with van der Waals surface area (Å²) in [7, 11) is 2.12. The summed E-state index contributed by atoms with van der Waals surface area (Å²) in [5.74, 6) is 0. The molecule has 1 aliphatic heterocycles. The van der Waals surface area contributed by atoms with Crippen molar-refractivity contribution in [3.63, 3.8) is 0 Å². The molecule has 92 valence electrons. The van der Waals surface area contributed by atoms with Crippen molar-refractivity contribution >= 4 is 0 Å². The van der Waals surface area contributed by atoms with E-state index in [1.54, 1.807) is 0 Å². The first-order valence-electron chi connectivity index (χ1n) is 6.26. The van der Waals surface area contributed by atoms with Crippen LogP contribution < -0.4 is 0 Å². The molecule has 1 aliphatic rings. The topological polar surface area (TPSA) is 23.5 Å². The van der Waals surface area contributed by atoms with Crippen molar-refractivity contribution in [3.8, 4) is 0 Å². The molecule has 1 aromatic carbocycles. The van der Waals surface area contributed by atoms with Crippen LogP contribution in [0.1, 0.15) is 30.1 Å². The van der Waals surface area contributed by atoms with Gasteiger partial charge in [0, 0.05) is 12.6 Å². The van der Waals surface area contributed by atoms with Crippen molar-refractivity contribution < 1.29 is 5.11 Å². The minimum absolute atomic E-state index is 0.352. The van der Waals surface area contributed by atoms with E-state index in [9.17, 15) is 5.11 Å². The number of rotatable bonds is 3. The molecule has 1 heterocycles. The van der Waals surface area contributed by atoms with Crippen molar-refractivity contribution in [2.45, 2.75) is 31.9 Å². The van der Waals surface area contributed by atoms with Crippen molar-refractivity contribution in [3.05, 3.63) is 47.5 Å². The highest BCUT2D eigenvalue weighted by Gasteiger charge is 2.20. The average Bonchev–Trinajstić information content (AvgIpc) is 2.33. The summed E-state index contributed by atoms with van der Waals surface area (Å²) >= 11 is 0. The molecule has 0 spiro atoms. The highest BCUT2D eigenvalue weighted by Crippen LogP contribution is 2.23. The van der Waals surface area contributed by atoms with E-state index in [-0.39, 0.29) is 6.10 Å². The summed E-state index contributed by atoms with van der Waals surface area (Å²) in [6.45, 7) is 3.06. The fourth-order valence-electron chi connectivity index (χ4n) is 2.28. The monoisotopic (exact) mass is 231 g/mol. The Morgan fingerprint density at radius 1 is 1.29 bits per heavy atom. The van der Waals surface area contributed by atoms with E-state index in [0.29, 0.717) is 6.04 Å². The van der Waals surface area contributed by atoms with Gasteiger partial charge in [0.05, 0.1) is 6.10 Å². The lowest BCUT2D eigenvalue weighted by atomic mass is 9.97. The van der Waals surface area contributed by atoms with Crippen LogP contribution in [0, 0.1) is 6.92 Å². The minimum Gasteiger partial charge on any atom is -0.388 e. The molecule has 0 aromatic heterocycles. The van der Waals surface area contributed by atoms with Gasteiger partial charge in [0.1, 0.15) is 0 Å². The van der Waals surface area contributed by atoms with E-state index in [0.717, 1.165) is 24.9 Å². The Labute approximate surface area is 104 Å². The van der Waals surface area contributed by atoms with Crippen LogP contribution in [-0.4, -0.2) is 29.6 Å². The number of likely N-dealkylation sites (N-methyl/N-ethyl adjacent to an activating group) is 1. The molecule has 0 fully saturated rings. The molecule has 2 rings (SSSR count). The normalized spacial score (nSPS) is 22.6. The Kier molecular flexibility index (Phi) is 3.97. The molecule has 0 amide bonds. The largest absolute Gasteiger partial charge is 0.388 e. The van der Waals surface area contributed by atoms with Gasteiger partial charge < -0.3 is 5.11 Å². The van der Waals surface area contributed by atoms with E-state index >= 15 is 0 Å². The number of nitrogens with zero attached hydrogens (tertiary/aromatic N) is 1. The second-order valence-corrected chi connectivity index (χ2v) is 4.96. The van der Waals surface area contributed by atoms with Gasteiger partial charge in [-0.25, -0.2) is 0 Å². The molecule has 1 N–H and O–H groups in total. The average molecular weight is 231 g/mol. The molecule has 0 bridgehead atoms. The lowest BCUT2D eigenvalue weighted by Crippen LogP contribution is -2.35. The smallest absolute Gasteiger partial charge is 0.0805 e. The molecule has 1 aromatic rings. The van der Waals surface area contributed by atoms with Gasteiger partial charge in [-0.2, -0.15) is 0 Å². The van der Waals surface area contributed by atoms with Gasteiger partial charge in [-0.3, -0.25) is 4.90 Å². The van der Waals surface area contributed by atoms with Crippen molar-refractivity contribution in [1.29, 1.82) is 0 Å². The van der Waals surface area contributed by atoms with Gasteiger partial charge in [0.15, 0.2) is 0 Å². The van der Waals surface area contributed by atoms with E-state index in [1.807, 2.05) is 12.1 Å². The van der Waals surface area contributed by atoms with E-state index in [4.69, 9.17) is 0 Å². The summed E-state index contributed by atoms with van der Waals surface area (Å²) in [6.07, 6.45) is 5.90. The summed E-state index contributed by atoms with van der Waals surface area (Å²) in [5, 5.41) is 10.2. The number of aliphatic hydroxyl groups excluding tert-OH is 1. The first-order valence-corrected chi connectivity index (χ1v) is 6.26. The molecule has 0 aliphatic carbocycles. The summed E-state index contributed by atoms with van der Waals surface area (Å²) in [4.78, 5) is 2.30. The second-order valence-electron chi connectivity index (χ2n) is 4.96. The van der Waals surface area contributed by atoms with Crippen LogP contribution >= 0.6 is 0 Å². The maximum absolute atomic E-state index is 10.2. The zero-order chi connectivity index (χ0) is 12.3. The molecule has 2 heteroatoms. The van der Waals surface area contributed by atoms with Crippen LogP contribution in [0.15, 0.2) is 36.4 Å². The standard InChI is InChI=1S/C15H21NO/c1-12-6-8-13(9-7-12)15(17)11-14-5-3-4-10-16(14)2/h3-4,6-9,14-15,17H,5,10-11H2,1-2H3/t14-,15-/m0/s1. The lowest BCUT2D eigenvalue weighted by molar-refractivity contribution is 0.117. The van der Waals surface area contributed by atoms with Crippen LogP contribution in [0.3, 0.4) is 0 Å². The number of benzene rings is 1. The van der Waals surface area contributed by atoms with Crippen molar-refractivity contribution in [2.75, 3.05) is 13.6 Å². The molecule has 0 saturated carbocycles. The highest BCUT2D eigenvalue weighted by atomic mass is 16.3. The molecule has 0 saturated heterocycles. The van der Waals surface area contributed by atoms with Gasteiger partial charge >= 0.3 is 0 Å². The van der Waals surface area contributed by atoms with Crippen LogP contribution in [-0.2, 0) is 0 Å². The molecule has 0 unspecified atom stereocenters. The number of hydrogen-bond acceptors (Lipinski definition) is 2. The Morgan fingerprint density at radius 2 is 2.00 bits per heavy atom. The van der Waals surface area contributed by atoms with Crippen LogP contribution in [0.5, 0.6) is 0 Å². The van der Waals surface area contributed by atoms with Gasteiger partial charge in [-0.15, -0.1) is 0 Å². The lowest BCUT2D eigenvalue weighted by Gasteiger charge is -2.30. The zero-order valence-electron chi connectivity index (χ0n) is 10.6. The first kappa shape index (κ1) is 12.3. The summed E-state index contributed by atoms with van der Waals surface area (Å²) < 4.78 is 0. The van der Waals surface area contributed by atoms with Crippen molar-refractivity contribution in [1.82, 2.24) is 4.90 Å². The van der Waals surface area contributed by atoms with Crippen molar-refractivity contribution in [2.24, 2.45) is 0 Å². The summed E-state index contributed by atoms with van der Waals surface area (Å²) in [5.41, 5.74) is 2.26. The zero-order valence-corrected chi connectivity index (χ0v) is 10.6. The minimum atomic E-state index is -0.352. The number of aliphatic hydroxyl groups is 1. The van der Waals surface area contributed by atoms with E-state index in [2.05, 4.69) is 43.2 Å². The highest BCUT2D eigenvalue weighted by molar-refractivity contribution is 5.23. The number of aryl methyl sites for hydroxylation is 1. The maximum atomic E-state index is 10.2. The van der Waals surface area contributed by atoms with Crippen LogP contribution in [0.25, 0.3) is 0 Å². The summed E-state index contributed by atoms with van der Waals surface area (Å²) in [6, 6.07) is 8.62. The third kappa shape index (κ3) is 3.18. The Hall–Kier alpha value is -1.12. The fraction of sp³-hybridized carbons (Fsp3) is 0.467. The second kappa shape index (κ2) is 5.48. The predicted molar refractivity (Wildman–Crippen MR) is 70.9 cm³/mol. The molecule has 0 radical (unpaired) electrons. The number of hydrogen-bond donors (Lipinski definition) is 1. The van der Waals surface area contributed by atoms with Gasteiger partial charge in [0.2, 0.25) is 0 Å². The first-order chi connectivity index (χ1) is 8.16. The van der Waals surface area contributed by atoms with Gasteiger partial charge in [0.25, 0.3) is 0 Å². The van der Waals surface area contributed by atoms with E-state index in [1.165, 1.54) is 5.56 Å². The molecule has 2 atom stereocenters. The predicted octanol–water partition coefficient (Wildman–Crippen LogP) is 2.68. The quantitative estimate of drug-likeness (QED) is 0.808. The Balaban J connectivity index is 1.98. The van der Waals surface area contributed by atoms with Crippen LogP contribution in [0.4, 0.5) is 0 Å². The molecular formula is C15H21NO. The molecule has 17 heavy (non-hydrogen) atoms. The van der Waals surface area contributed by atoms with E-state index < -0.39 is 0 Å². The van der Waals surface area contributed by atoms with Gasteiger partial charge in [-0.1, -0.05) is 42.0 Å². The SMILES string of the molecule is Cc1ccc([C@@H](O)C[C@@H]2CC=CCN2C)cc1. The third-order valence-corrected chi connectivity index (χ3v) is 3.55. The Bertz CT molecular complexity index is 382.